The van der Waals surface area contributed by atoms with Crippen molar-refractivity contribution in [1.29, 1.82) is 0 Å². The van der Waals surface area contributed by atoms with Crippen LogP contribution in [0.5, 0.6) is 0 Å². The second kappa shape index (κ2) is 7.18. The van der Waals surface area contributed by atoms with E-state index in [0.29, 0.717) is 11.4 Å². The molecule has 0 saturated heterocycles. The maximum absolute atomic E-state index is 5.62. The van der Waals surface area contributed by atoms with Crippen molar-refractivity contribution in [3.05, 3.63) is 17.0 Å². The van der Waals surface area contributed by atoms with Crippen LogP contribution in [0.25, 0.3) is 5.78 Å². The SMILES string of the molecule is CCCCc1c(C)nc2nc(SC3CC(OCC)C3)nn2c1C. The molecular weight excluding hydrogens is 308 g/mol. The number of thioether (sulfide) groups is 1. The van der Waals surface area contributed by atoms with E-state index in [1.165, 1.54) is 24.1 Å². The van der Waals surface area contributed by atoms with Crippen molar-refractivity contribution in [3.63, 3.8) is 0 Å². The molecule has 0 aromatic carbocycles. The van der Waals surface area contributed by atoms with Crippen LogP contribution in [0.15, 0.2) is 5.16 Å². The zero-order valence-corrected chi connectivity index (χ0v) is 15.3. The first-order valence-corrected chi connectivity index (χ1v) is 9.51. The Hall–Kier alpha value is -1.14. The van der Waals surface area contributed by atoms with E-state index in [-0.39, 0.29) is 0 Å². The molecule has 1 saturated carbocycles. The van der Waals surface area contributed by atoms with Gasteiger partial charge in [-0.3, -0.25) is 0 Å². The van der Waals surface area contributed by atoms with Crippen molar-refractivity contribution in [2.45, 2.75) is 76.3 Å². The van der Waals surface area contributed by atoms with Gasteiger partial charge in [-0.1, -0.05) is 25.1 Å². The number of rotatable bonds is 7. The van der Waals surface area contributed by atoms with Gasteiger partial charge < -0.3 is 4.74 Å². The Kier molecular flexibility index (Phi) is 5.21. The molecule has 0 atom stereocenters. The Morgan fingerprint density at radius 3 is 2.70 bits per heavy atom. The normalized spacial score (nSPS) is 20.9. The lowest BCUT2D eigenvalue weighted by atomic mass is 9.95. The number of aryl methyl sites for hydroxylation is 2. The van der Waals surface area contributed by atoms with E-state index in [0.717, 1.165) is 42.5 Å². The molecule has 0 N–H and O–H groups in total. The molecule has 0 radical (unpaired) electrons. The van der Waals surface area contributed by atoms with Crippen LogP contribution in [0.4, 0.5) is 0 Å². The summed E-state index contributed by atoms with van der Waals surface area (Å²) in [6.07, 6.45) is 6.07. The molecule has 0 amide bonds. The molecule has 2 aromatic rings. The molecule has 5 nitrogen and oxygen atoms in total. The summed E-state index contributed by atoms with van der Waals surface area (Å²) in [6, 6.07) is 0. The highest BCUT2D eigenvalue weighted by Crippen LogP contribution is 2.37. The molecular formula is C17H26N4OS. The standard InChI is InChI=1S/C17H26N4OS/c1-5-7-8-15-11(3)18-16-19-17(20-21(16)12(15)4)23-14-9-13(10-14)22-6-2/h13-14H,5-10H2,1-4H3. The first-order valence-electron chi connectivity index (χ1n) is 8.63. The lowest BCUT2D eigenvalue weighted by Crippen LogP contribution is -2.33. The first kappa shape index (κ1) is 16.7. The quantitative estimate of drug-likeness (QED) is 0.772. The number of fused-ring (bicyclic) bond motifs is 1. The molecule has 1 fully saturated rings. The molecule has 6 heteroatoms. The van der Waals surface area contributed by atoms with Gasteiger partial charge in [0.2, 0.25) is 5.16 Å². The van der Waals surface area contributed by atoms with E-state index in [4.69, 9.17) is 4.74 Å². The summed E-state index contributed by atoms with van der Waals surface area (Å²) in [5.41, 5.74) is 3.59. The van der Waals surface area contributed by atoms with Crippen LogP contribution in [0.3, 0.4) is 0 Å². The van der Waals surface area contributed by atoms with Crippen molar-refractivity contribution in [2.24, 2.45) is 0 Å². The van der Waals surface area contributed by atoms with Gasteiger partial charge in [-0.2, -0.15) is 4.98 Å². The highest BCUT2D eigenvalue weighted by Gasteiger charge is 2.31. The maximum atomic E-state index is 5.62. The zero-order chi connectivity index (χ0) is 16.4. The van der Waals surface area contributed by atoms with Gasteiger partial charge in [0.05, 0.1) is 6.10 Å². The summed E-state index contributed by atoms with van der Waals surface area (Å²) >= 11 is 1.76. The summed E-state index contributed by atoms with van der Waals surface area (Å²) < 4.78 is 7.54. The van der Waals surface area contributed by atoms with Crippen molar-refractivity contribution < 1.29 is 4.74 Å². The van der Waals surface area contributed by atoms with Crippen LogP contribution >= 0.6 is 11.8 Å². The Balaban J connectivity index is 1.75. The molecule has 0 spiro atoms. The van der Waals surface area contributed by atoms with E-state index in [1.54, 1.807) is 11.8 Å². The molecule has 126 valence electrons. The predicted molar refractivity (Wildman–Crippen MR) is 93.2 cm³/mol. The maximum Gasteiger partial charge on any atom is 0.253 e. The third kappa shape index (κ3) is 3.53. The molecule has 0 aliphatic heterocycles. The average Bonchev–Trinajstić information content (AvgIpc) is 2.88. The molecule has 1 aliphatic carbocycles. The molecule has 1 aliphatic rings. The second-order valence-electron chi connectivity index (χ2n) is 6.26. The van der Waals surface area contributed by atoms with Crippen molar-refractivity contribution in [3.8, 4) is 0 Å². The van der Waals surface area contributed by atoms with E-state index < -0.39 is 0 Å². The largest absolute Gasteiger partial charge is 0.378 e. The second-order valence-corrected chi connectivity index (χ2v) is 7.53. The minimum absolute atomic E-state index is 0.428. The molecule has 23 heavy (non-hydrogen) atoms. The van der Waals surface area contributed by atoms with Gasteiger partial charge in [0.15, 0.2) is 0 Å². The number of unbranched alkanes of at least 4 members (excludes halogenated alkanes) is 1. The Morgan fingerprint density at radius 2 is 2.00 bits per heavy atom. The third-order valence-corrected chi connectivity index (χ3v) is 5.64. The van der Waals surface area contributed by atoms with Gasteiger partial charge in [-0.15, -0.1) is 5.10 Å². The summed E-state index contributed by atoms with van der Waals surface area (Å²) in [5.74, 6) is 0.725. The highest BCUT2D eigenvalue weighted by molar-refractivity contribution is 7.99. The molecule has 3 rings (SSSR count). The predicted octanol–water partition coefficient (Wildman–Crippen LogP) is 3.74. The fourth-order valence-corrected chi connectivity index (χ4v) is 4.27. The molecule has 0 bridgehead atoms. The number of hydrogen-bond acceptors (Lipinski definition) is 5. The van der Waals surface area contributed by atoms with E-state index in [1.807, 2.05) is 4.52 Å². The van der Waals surface area contributed by atoms with Crippen LogP contribution in [-0.4, -0.2) is 37.5 Å². The fourth-order valence-electron chi connectivity index (χ4n) is 3.09. The van der Waals surface area contributed by atoms with Gasteiger partial charge in [-0.05, 0) is 52.0 Å². The minimum atomic E-state index is 0.428. The lowest BCUT2D eigenvalue weighted by Gasteiger charge is -2.33. The van der Waals surface area contributed by atoms with E-state index in [2.05, 4.69) is 42.8 Å². The van der Waals surface area contributed by atoms with Gasteiger partial charge >= 0.3 is 0 Å². The topological polar surface area (TPSA) is 52.3 Å². The molecule has 2 heterocycles. The minimum Gasteiger partial charge on any atom is -0.378 e. The van der Waals surface area contributed by atoms with E-state index in [9.17, 15) is 0 Å². The van der Waals surface area contributed by atoms with E-state index >= 15 is 0 Å². The fraction of sp³-hybridized carbons (Fsp3) is 0.706. The van der Waals surface area contributed by atoms with Crippen molar-refractivity contribution >= 4 is 17.5 Å². The Labute approximate surface area is 142 Å². The van der Waals surface area contributed by atoms with Gasteiger partial charge in [0.25, 0.3) is 5.78 Å². The zero-order valence-electron chi connectivity index (χ0n) is 14.5. The molecule has 2 aromatic heterocycles. The summed E-state index contributed by atoms with van der Waals surface area (Å²) in [6.45, 7) is 9.28. The summed E-state index contributed by atoms with van der Waals surface area (Å²) in [7, 11) is 0. The number of nitrogens with zero attached hydrogens (tertiary/aromatic N) is 4. The van der Waals surface area contributed by atoms with Gasteiger partial charge in [-0.25, -0.2) is 9.50 Å². The van der Waals surface area contributed by atoms with Gasteiger partial charge in [0, 0.05) is 23.2 Å². The monoisotopic (exact) mass is 334 g/mol. The average molecular weight is 334 g/mol. The smallest absolute Gasteiger partial charge is 0.253 e. The van der Waals surface area contributed by atoms with Crippen LogP contribution in [-0.2, 0) is 11.2 Å². The number of hydrogen-bond donors (Lipinski definition) is 0. The van der Waals surface area contributed by atoms with Gasteiger partial charge in [0.1, 0.15) is 0 Å². The van der Waals surface area contributed by atoms with Crippen molar-refractivity contribution in [2.75, 3.05) is 6.61 Å². The Bertz CT molecular complexity index is 679. The Morgan fingerprint density at radius 1 is 1.22 bits per heavy atom. The summed E-state index contributed by atoms with van der Waals surface area (Å²) in [4.78, 5) is 9.27. The van der Waals surface area contributed by atoms with Crippen molar-refractivity contribution in [1.82, 2.24) is 19.6 Å². The number of ether oxygens (including phenoxy) is 1. The third-order valence-electron chi connectivity index (χ3n) is 4.54. The van der Waals surface area contributed by atoms with Crippen LogP contribution in [0.2, 0.25) is 0 Å². The molecule has 0 unspecified atom stereocenters. The van der Waals surface area contributed by atoms with Crippen LogP contribution in [0, 0.1) is 13.8 Å². The first-order chi connectivity index (χ1) is 11.1. The van der Waals surface area contributed by atoms with Crippen LogP contribution < -0.4 is 0 Å². The summed E-state index contributed by atoms with van der Waals surface area (Å²) in [5, 5.41) is 6.09. The highest BCUT2D eigenvalue weighted by atomic mass is 32.2. The number of aromatic nitrogens is 4. The van der Waals surface area contributed by atoms with Crippen LogP contribution in [0.1, 0.15) is 56.5 Å². The lowest BCUT2D eigenvalue weighted by molar-refractivity contribution is 0.0138.